The highest BCUT2D eigenvalue weighted by Gasteiger charge is 2.17. The molecule has 2 rings (SSSR count). The maximum Gasteiger partial charge on any atom is 0.362 e. The summed E-state index contributed by atoms with van der Waals surface area (Å²) in [5, 5.41) is 6.23. The molecule has 0 N–H and O–H groups in total. The summed E-state index contributed by atoms with van der Waals surface area (Å²) in [4.78, 5) is 24.1. The van der Waals surface area contributed by atoms with Crippen LogP contribution in [0.15, 0.2) is 16.2 Å². The number of carbonyl (C=O) groups is 1. The zero-order chi connectivity index (χ0) is 11.7. The van der Waals surface area contributed by atoms with Crippen LogP contribution in [-0.4, -0.2) is 22.4 Å². The molecule has 0 saturated carbocycles. The van der Waals surface area contributed by atoms with Crippen LogP contribution in [0, 0.1) is 0 Å². The van der Waals surface area contributed by atoms with Gasteiger partial charge in [0.1, 0.15) is 4.83 Å². The van der Waals surface area contributed by atoms with Crippen molar-refractivity contribution in [3.63, 3.8) is 0 Å². The first-order valence-electron chi connectivity index (χ1n) is 4.76. The lowest BCUT2D eigenvalue weighted by atomic mass is 10.3. The van der Waals surface area contributed by atoms with Crippen LogP contribution in [0.5, 0.6) is 0 Å². The standard InChI is InChI=1S/C10H10N2O3S/c1-3-15-10(14)7-8(13)6-4-5-16-9(6)12(2)11-7/h4-5H,3H2,1-2H3. The van der Waals surface area contributed by atoms with Gasteiger partial charge in [0.25, 0.3) is 0 Å². The van der Waals surface area contributed by atoms with Crippen molar-refractivity contribution in [1.82, 2.24) is 9.78 Å². The fourth-order valence-corrected chi connectivity index (χ4v) is 2.24. The predicted octanol–water partition coefficient (Wildman–Crippen LogP) is 1.17. The van der Waals surface area contributed by atoms with Gasteiger partial charge in [-0.05, 0) is 18.4 Å². The second kappa shape index (κ2) is 4.05. The Morgan fingerprint density at radius 3 is 3.06 bits per heavy atom. The number of rotatable bonds is 2. The summed E-state index contributed by atoms with van der Waals surface area (Å²) < 4.78 is 6.30. The van der Waals surface area contributed by atoms with Crippen molar-refractivity contribution in [3.05, 3.63) is 27.4 Å². The van der Waals surface area contributed by atoms with E-state index in [4.69, 9.17) is 4.74 Å². The van der Waals surface area contributed by atoms with Gasteiger partial charge in [-0.3, -0.25) is 9.48 Å². The molecule has 5 nitrogen and oxygen atoms in total. The first-order valence-corrected chi connectivity index (χ1v) is 5.64. The lowest BCUT2D eigenvalue weighted by Gasteiger charge is -2.03. The Hall–Kier alpha value is -1.69. The van der Waals surface area contributed by atoms with Crippen molar-refractivity contribution in [2.45, 2.75) is 6.92 Å². The van der Waals surface area contributed by atoms with E-state index in [1.54, 1.807) is 25.4 Å². The summed E-state index contributed by atoms with van der Waals surface area (Å²) in [6.45, 7) is 1.91. The highest BCUT2D eigenvalue weighted by molar-refractivity contribution is 7.16. The minimum atomic E-state index is -0.670. The van der Waals surface area contributed by atoms with Crippen LogP contribution >= 0.6 is 11.3 Å². The van der Waals surface area contributed by atoms with Gasteiger partial charge in [-0.15, -0.1) is 11.3 Å². The molecule has 0 amide bonds. The van der Waals surface area contributed by atoms with Crippen molar-refractivity contribution in [2.75, 3.05) is 6.61 Å². The molecule has 0 aliphatic carbocycles. The van der Waals surface area contributed by atoms with E-state index in [0.717, 1.165) is 4.83 Å². The number of hydrogen-bond acceptors (Lipinski definition) is 5. The normalized spacial score (nSPS) is 10.6. The first-order chi connectivity index (χ1) is 7.65. The topological polar surface area (TPSA) is 61.2 Å². The SMILES string of the molecule is CCOC(=O)c1nn(C)c2sccc2c1=O. The number of nitrogens with zero attached hydrogens (tertiary/aromatic N) is 2. The molecule has 0 saturated heterocycles. The Morgan fingerprint density at radius 1 is 1.62 bits per heavy atom. The fourth-order valence-electron chi connectivity index (χ4n) is 1.43. The second-order valence-corrected chi connectivity index (χ2v) is 4.06. The quantitative estimate of drug-likeness (QED) is 0.737. The van der Waals surface area contributed by atoms with E-state index in [1.807, 2.05) is 0 Å². The van der Waals surface area contributed by atoms with Gasteiger partial charge in [-0.1, -0.05) is 0 Å². The van der Waals surface area contributed by atoms with Crippen LogP contribution in [0.25, 0.3) is 10.2 Å². The van der Waals surface area contributed by atoms with Gasteiger partial charge in [0.05, 0.1) is 12.0 Å². The molecule has 16 heavy (non-hydrogen) atoms. The smallest absolute Gasteiger partial charge is 0.362 e. The molecular weight excluding hydrogens is 228 g/mol. The highest BCUT2D eigenvalue weighted by atomic mass is 32.1. The molecule has 2 aromatic heterocycles. The summed E-state index contributed by atoms with van der Waals surface area (Å²) in [7, 11) is 1.70. The minimum Gasteiger partial charge on any atom is -0.461 e. The Balaban J connectivity index is 2.67. The third-order valence-electron chi connectivity index (χ3n) is 2.12. The molecule has 0 atom stereocenters. The van der Waals surface area contributed by atoms with Gasteiger partial charge in [0.15, 0.2) is 0 Å². The van der Waals surface area contributed by atoms with Gasteiger partial charge < -0.3 is 4.74 Å². The van der Waals surface area contributed by atoms with E-state index in [0.29, 0.717) is 5.39 Å². The molecule has 6 heteroatoms. The maximum atomic E-state index is 11.9. The number of fused-ring (bicyclic) bond motifs is 1. The van der Waals surface area contributed by atoms with Gasteiger partial charge in [0.2, 0.25) is 11.1 Å². The van der Waals surface area contributed by atoms with Crippen molar-refractivity contribution in [3.8, 4) is 0 Å². The molecule has 0 radical (unpaired) electrons. The lowest BCUT2D eigenvalue weighted by Crippen LogP contribution is -2.22. The molecule has 0 aromatic carbocycles. The Morgan fingerprint density at radius 2 is 2.38 bits per heavy atom. The van der Waals surface area contributed by atoms with Crippen molar-refractivity contribution in [2.24, 2.45) is 7.05 Å². The van der Waals surface area contributed by atoms with E-state index in [9.17, 15) is 9.59 Å². The minimum absolute atomic E-state index is 0.157. The van der Waals surface area contributed by atoms with Crippen LogP contribution in [0.4, 0.5) is 0 Å². The molecule has 0 spiro atoms. The first kappa shape index (κ1) is 10.8. The zero-order valence-electron chi connectivity index (χ0n) is 8.89. The summed E-state index contributed by atoms with van der Waals surface area (Å²) in [5.41, 5.74) is -0.525. The molecule has 0 fully saturated rings. The number of esters is 1. The highest BCUT2D eigenvalue weighted by Crippen LogP contribution is 2.15. The number of ether oxygens (including phenoxy) is 1. The average molecular weight is 238 g/mol. The van der Waals surface area contributed by atoms with E-state index >= 15 is 0 Å². The van der Waals surface area contributed by atoms with E-state index in [1.165, 1.54) is 16.0 Å². The Labute approximate surface area is 95.3 Å². The van der Waals surface area contributed by atoms with Gasteiger partial charge >= 0.3 is 5.97 Å². The molecular formula is C10H10N2O3S. The van der Waals surface area contributed by atoms with E-state index < -0.39 is 5.97 Å². The predicted molar refractivity (Wildman–Crippen MR) is 60.8 cm³/mol. The van der Waals surface area contributed by atoms with E-state index in [-0.39, 0.29) is 17.7 Å². The summed E-state index contributed by atoms with van der Waals surface area (Å²) in [5.74, 6) is -0.670. The summed E-state index contributed by atoms with van der Waals surface area (Å²) >= 11 is 1.41. The number of thiophene rings is 1. The second-order valence-electron chi connectivity index (χ2n) is 3.16. The molecule has 2 aromatic rings. The van der Waals surface area contributed by atoms with Gasteiger partial charge in [-0.2, -0.15) is 5.10 Å². The van der Waals surface area contributed by atoms with E-state index in [2.05, 4.69) is 5.10 Å². The summed E-state index contributed by atoms with van der Waals surface area (Å²) in [6.07, 6.45) is 0. The third-order valence-corrected chi connectivity index (χ3v) is 3.10. The van der Waals surface area contributed by atoms with Gasteiger partial charge in [0, 0.05) is 7.05 Å². The fraction of sp³-hybridized carbons (Fsp3) is 0.300. The van der Waals surface area contributed by atoms with Crippen molar-refractivity contribution < 1.29 is 9.53 Å². The Bertz CT molecular complexity index is 600. The monoisotopic (exact) mass is 238 g/mol. The van der Waals surface area contributed by atoms with Crippen molar-refractivity contribution >= 4 is 27.5 Å². The van der Waals surface area contributed by atoms with Crippen LogP contribution in [0.2, 0.25) is 0 Å². The molecule has 0 aliphatic rings. The molecule has 2 heterocycles. The molecule has 0 unspecified atom stereocenters. The lowest BCUT2D eigenvalue weighted by molar-refractivity contribution is 0.0515. The average Bonchev–Trinajstić information content (AvgIpc) is 2.73. The largest absolute Gasteiger partial charge is 0.461 e. The zero-order valence-corrected chi connectivity index (χ0v) is 9.71. The maximum absolute atomic E-state index is 11.9. The molecule has 84 valence electrons. The van der Waals surface area contributed by atoms with Crippen LogP contribution < -0.4 is 5.43 Å². The Kier molecular flexibility index (Phi) is 2.74. The number of carbonyl (C=O) groups excluding carboxylic acids is 1. The third kappa shape index (κ3) is 1.61. The van der Waals surface area contributed by atoms with Crippen LogP contribution in [0.3, 0.4) is 0 Å². The summed E-state index contributed by atoms with van der Waals surface area (Å²) in [6, 6.07) is 1.69. The number of hydrogen-bond donors (Lipinski definition) is 0. The van der Waals surface area contributed by atoms with Crippen LogP contribution in [0.1, 0.15) is 17.4 Å². The van der Waals surface area contributed by atoms with Gasteiger partial charge in [-0.25, -0.2) is 4.79 Å². The molecule has 0 bridgehead atoms. The number of aromatic nitrogens is 2. The number of aryl methyl sites for hydroxylation is 1. The van der Waals surface area contributed by atoms with Crippen molar-refractivity contribution in [1.29, 1.82) is 0 Å². The molecule has 0 aliphatic heterocycles. The van der Waals surface area contributed by atoms with Crippen LogP contribution in [-0.2, 0) is 11.8 Å².